The zero-order valence-corrected chi connectivity index (χ0v) is 24.0. The Morgan fingerprint density at radius 3 is 2.46 bits per heavy atom. The number of rotatable bonds is 4. The van der Waals surface area contributed by atoms with Crippen LogP contribution in [0.5, 0.6) is 0 Å². The zero-order chi connectivity index (χ0) is 29.8. The molecule has 218 valence electrons. The van der Waals surface area contributed by atoms with Crippen molar-refractivity contribution in [2.75, 3.05) is 30.9 Å². The molecule has 3 atom stereocenters. The number of carbonyl (C=O) groups is 1. The number of ether oxygens (including phenoxy) is 1. The van der Waals surface area contributed by atoms with Crippen molar-refractivity contribution >= 4 is 46.0 Å². The Labute approximate surface area is 242 Å². The van der Waals surface area contributed by atoms with Crippen LogP contribution in [0, 0.1) is 5.82 Å². The van der Waals surface area contributed by atoms with Crippen molar-refractivity contribution in [3.63, 3.8) is 0 Å². The van der Waals surface area contributed by atoms with Gasteiger partial charge in [0, 0.05) is 53.9 Å². The van der Waals surface area contributed by atoms with E-state index in [9.17, 15) is 27.2 Å². The highest BCUT2D eigenvalue weighted by atomic mass is 35.5. The smallest absolute Gasteiger partial charge is 0.379 e. The van der Waals surface area contributed by atoms with Gasteiger partial charge in [-0.25, -0.2) is 9.18 Å². The lowest BCUT2D eigenvalue weighted by molar-refractivity contribution is -0.137. The highest BCUT2D eigenvalue weighted by molar-refractivity contribution is 7.99. The second-order valence-corrected chi connectivity index (χ2v) is 11.6. The quantitative estimate of drug-likeness (QED) is 0.283. The molecule has 1 amide bonds. The van der Waals surface area contributed by atoms with Gasteiger partial charge in [-0.1, -0.05) is 24.2 Å². The molecule has 41 heavy (non-hydrogen) atoms. The number of benzene rings is 2. The molecule has 2 aliphatic rings. The summed E-state index contributed by atoms with van der Waals surface area (Å²) < 4.78 is 65.3. The fourth-order valence-corrected chi connectivity index (χ4v) is 7.22. The standard InChI is InChI=1S/C28H27ClF4N4O3S/c1-5-22(38)37-14(2)10-35(11-15(37)3)26-18-9-19(28(31,32)33)23(16-6-7-21(30)20(29)8-16)25-24(18)36(27(39)34-26)12-17(40-4)13-41-25/h5-9,14-15,17H,1,10-13H2,2-4H3. The van der Waals surface area contributed by atoms with Crippen molar-refractivity contribution in [3.8, 4) is 11.1 Å². The predicted molar refractivity (Wildman–Crippen MR) is 151 cm³/mol. The summed E-state index contributed by atoms with van der Waals surface area (Å²) >= 11 is 7.14. The molecule has 3 heterocycles. The van der Waals surface area contributed by atoms with Crippen LogP contribution in [0.15, 0.2) is 46.6 Å². The number of thioether (sulfide) groups is 1. The van der Waals surface area contributed by atoms with Crippen LogP contribution in [0.4, 0.5) is 23.4 Å². The number of amides is 1. The Kier molecular flexibility index (Phi) is 7.86. The summed E-state index contributed by atoms with van der Waals surface area (Å²) in [5.41, 5.74) is -1.42. The monoisotopic (exact) mass is 610 g/mol. The summed E-state index contributed by atoms with van der Waals surface area (Å²) in [5.74, 6) is -0.641. The first-order chi connectivity index (χ1) is 19.3. The highest BCUT2D eigenvalue weighted by Gasteiger charge is 2.40. The van der Waals surface area contributed by atoms with Gasteiger partial charge in [0.2, 0.25) is 5.91 Å². The Hall–Kier alpha value is -3.09. The summed E-state index contributed by atoms with van der Waals surface area (Å²) in [7, 11) is 1.47. The summed E-state index contributed by atoms with van der Waals surface area (Å²) in [4.78, 5) is 33.9. The number of hydrogen-bond acceptors (Lipinski definition) is 6. The predicted octanol–water partition coefficient (Wildman–Crippen LogP) is 5.61. The maximum absolute atomic E-state index is 14.8. The number of alkyl halides is 3. The summed E-state index contributed by atoms with van der Waals surface area (Å²) in [6, 6.07) is 3.78. The molecule has 0 spiro atoms. The van der Waals surface area contributed by atoms with Gasteiger partial charge in [0.1, 0.15) is 11.6 Å². The van der Waals surface area contributed by atoms with Crippen LogP contribution in [0.3, 0.4) is 0 Å². The normalized spacial score (nSPS) is 21.2. The van der Waals surface area contributed by atoms with Crippen molar-refractivity contribution in [2.24, 2.45) is 0 Å². The van der Waals surface area contributed by atoms with E-state index in [1.807, 2.05) is 13.8 Å². The molecule has 5 rings (SSSR count). The van der Waals surface area contributed by atoms with Gasteiger partial charge in [-0.15, -0.1) is 11.8 Å². The third-order valence-corrected chi connectivity index (χ3v) is 9.01. The van der Waals surface area contributed by atoms with Gasteiger partial charge in [0.05, 0.1) is 28.8 Å². The highest BCUT2D eigenvalue weighted by Crippen LogP contribution is 2.48. The number of methoxy groups -OCH3 is 1. The Bertz CT molecular complexity index is 1600. The van der Waals surface area contributed by atoms with Crippen LogP contribution >= 0.6 is 23.4 Å². The number of nitrogens with zero attached hydrogens (tertiary/aromatic N) is 4. The second kappa shape index (κ2) is 11.0. The minimum Gasteiger partial charge on any atom is -0.379 e. The van der Waals surface area contributed by atoms with Crippen LogP contribution in [-0.4, -0.2) is 64.5 Å². The zero-order valence-electron chi connectivity index (χ0n) is 22.5. The second-order valence-electron chi connectivity index (χ2n) is 10.2. The van der Waals surface area contributed by atoms with Crippen molar-refractivity contribution in [3.05, 3.63) is 63.8 Å². The first-order valence-corrected chi connectivity index (χ1v) is 14.2. The Balaban J connectivity index is 1.83. The summed E-state index contributed by atoms with van der Waals surface area (Å²) in [6.45, 7) is 7.78. The van der Waals surface area contributed by atoms with E-state index in [1.54, 1.807) is 9.80 Å². The van der Waals surface area contributed by atoms with Crippen LogP contribution in [0.2, 0.25) is 5.02 Å². The number of carbonyl (C=O) groups excluding carboxylic acids is 1. The van der Waals surface area contributed by atoms with Crippen LogP contribution in [0.1, 0.15) is 19.4 Å². The van der Waals surface area contributed by atoms with Crippen molar-refractivity contribution in [1.82, 2.24) is 14.5 Å². The third kappa shape index (κ3) is 5.21. The molecule has 7 nitrogen and oxygen atoms in total. The molecule has 0 saturated carbocycles. The number of aromatic nitrogens is 2. The fourth-order valence-electron chi connectivity index (χ4n) is 5.72. The van der Waals surface area contributed by atoms with Crippen molar-refractivity contribution in [1.29, 1.82) is 0 Å². The van der Waals surface area contributed by atoms with E-state index in [2.05, 4.69) is 11.6 Å². The van der Waals surface area contributed by atoms with E-state index in [1.165, 1.54) is 23.8 Å². The molecule has 1 fully saturated rings. The molecular weight excluding hydrogens is 584 g/mol. The molecule has 1 aromatic heterocycles. The van der Waals surface area contributed by atoms with E-state index in [0.29, 0.717) is 0 Å². The first-order valence-electron chi connectivity index (χ1n) is 12.8. The molecule has 2 aliphatic heterocycles. The Morgan fingerprint density at radius 2 is 1.88 bits per heavy atom. The van der Waals surface area contributed by atoms with E-state index in [0.717, 1.165) is 30.0 Å². The molecule has 3 aromatic rings. The van der Waals surface area contributed by atoms with Crippen molar-refractivity contribution in [2.45, 2.75) is 49.7 Å². The largest absolute Gasteiger partial charge is 0.417 e. The maximum Gasteiger partial charge on any atom is 0.417 e. The number of piperazine rings is 1. The molecule has 3 unspecified atom stereocenters. The molecular formula is C28H27ClF4N4O3S. The minimum atomic E-state index is -4.80. The molecule has 0 aliphatic carbocycles. The van der Waals surface area contributed by atoms with E-state index in [4.69, 9.17) is 16.3 Å². The Morgan fingerprint density at radius 1 is 1.20 bits per heavy atom. The van der Waals surface area contributed by atoms with Crippen LogP contribution in [-0.2, 0) is 22.3 Å². The van der Waals surface area contributed by atoms with Gasteiger partial charge < -0.3 is 14.5 Å². The van der Waals surface area contributed by atoms with E-state index < -0.39 is 29.4 Å². The molecule has 13 heteroatoms. The maximum atomic E-state index is 14.8. The topological polar surface area (TPSA) is 67.7 Å². The lowest BCUT2D eigenvalue weighted by Crippen LogP contribution is -2.58. The lowest BCUT2D eigenvalue weighted by atomic mass is 9.96. The summed E-state index contributed by atoms with van der Waals surface area (Å²) in [6.07, 6.45) is -4.06. The van der Waals surface area contributed by atoms with Gasteiger partial charge in [-0.3, -0.25) is 9.36 Å². The average Bonchev–Trinajstić information content (AvgIpc) is 3.11. The minimum absolute atomic E-state index is 0.0696. The number of anilines is 1. The first kappa shape index (κ1) is 29.4. The van der Waals surface area contributed by atoms with Gasteiger partial charge in [-0.2, -0.15) is 18.2 Å². The molecule has 0 radical (unpaired) electrons. The average molecular weight is 611 g/mol. The van der Waals surface area contributed by atoms with E-state index >= 15 is 0 Å². The van der Waals surface area contributed by atoms with Crippen molar-refractivity contribution < 1.29 is 27.1 Å². The SMILES string of the molecule is C=CC(=O)N1C(C)CN(c2nc(=O)n3c4c(c(-c5ccc(F)c(Cl)c5)c(C(F)(F)F)cc24)SCC(OC)C3)CC1C. The van der Waals surface area contributed by atoms with Gasteiger partial charge in [-0.05, 0) is 43.7 Å². The third-order valence-electron chi connectivity index (χ3n) is 7.49. The van der Waals surface area contributed by atoms with E-state index in [-0.39, 0.29) is 81.1 Å². The fraction of sp³-hybridized carbons (Fsp3) is 0.393. The number of halogens is 5. The summed E-state index contributed by atoms with van der Waals surface area (Å²) in [5, 5.41) is -0.171. The van der Waals surface area contributed by atoms with Crippen LogP contribution < -0.4 is 10.6 Å². The number of hydrogen-bond donors (Lipinski definition) is 0. The van der Waals surface area contributed by atoms with Gasteiger partial charge in [0.15, 0.2) is 0 Å². The van der Waals surface area contributed by atoms with Gasteiger partial charge in [0.25, 0.3) is 0 Å². The molecule has 2 aromatic carbocycles. The molecule has 0 bridgehead atoms. The molecule has 1 saturated heterocycles. The molecule has 0 N–H and O–H groups in total. The van der Waals surface area contributed by atoms with Gasteiger partial charge >= 0.3 is 11.9 Å². The van der Waals surface area contributed by atoms with Crippen LogP contribution in [0.25, 0.3) is 22.0 Å². The lowest BCUT2D eigenvalue weighted by Gasteiger charge is -2.44.